The molecule has 0 spiro atoms. The van der Waals surface area contributed by atoms with Crippen LogP contribution in [0.15, 0.2) is 48.7 Å². The first kappa shape index (κ1) is 32.1. The lowest BCUT2D eigenvalue weighted by atomic mass is 9.89. The van der Waals surface area contributed by atoms with Crippen molar-refractivity contribution in [2.75, 3.05) is 32.7 Å². The number of amides is 1. The summed E-state index contributed by atoms with van der Waals surface area (Å²) in [4.78, 5) is 26.4. The van der Waals surface area contributed by atoms with Crippen LogP contribution in [0.2, 0.25) is 0 Å². The van der Waals surface area contributed by atoms with E-state index in [0.29, 0.717) is 64.2 Å². The number of carbonyl (C=O) groups is 1. The number of likely N-dealkylation sites (tertiary alicyclic amines) is 2. The number of piperidine rings is 1. The molecule has 8 nitrogen and oxygen atoms in total. The van der Waals surface area contributed by atoms with Gasteiger partial charge in [-0.2, -0.15) is 5.26 Å². The number of pyridine rings is 1. The van der Waals surface area contributed by atoms with Crippen LogP contribution in [0, 0.1) is 36.8 Å². The molecule has 48 heavy (non-hydrogen) atoms. The van der Waals surface area contributed by atoms with E-state index in [1.807, 2.05) is 6.07 Å². The fraction of sp³-hybridized carbons (Fsp3) is 0.351. The Morgan fingerprint density at radius 3 is 2.44 bits per heavy atom. The molecule has 11 heteroatoms. The molecule has 0 saturated carbocycles. The Morgan fingerprint density at radius 1 is 1.06 bits per heavy atom. The summed E-state index contributed by atoms with van der Waals surface area (Å²) in [5, 5.41) is 19.7. The van der Waals surface area contributed by atoms with Gasteiger partial charge >= 0.3 is 0 Å². The Kier molecular flexibility index (Phi) is 8.58. The van der Waals surface area contributed by atoms with Crippen molar-refractivity contribution < 1.29 is 18.7 Å². The van der Waals surface area contributed by atoms with Crippen molar-refractivity contribution in [1.29, 1.82) is 5.26 Å². The van der Waals surface area contributed by atoms with E-state index < -0.39 is 11.9 Å². The number of carbonyl (C=O) groups excluding carboxylic acids is 1. The molecule has 5 aromatic rings. The minimum atomic E-state index is -0.407. The zero-order valence-corrected chi connectivity index (χ0v) is 27.9. The zero-order valence-electron chi connectivity index (χ0n) is 27.1. The Morgan fingerprint density at radius 2 is 1.77 bits per heavy atom. The second-order valence-electron chi connectivity index (χ2n) is 12.8. The van der Waals surface area contributed by atoms with Gasteiger partial charge in [0.2, 0.25) is 5.91 Å². The Balaban J connectivity index is 1.19. The van der Waals surface area contributed by atoms with Crippen LogP contribution in [-0.4, -0.2) is 74.0 Å². The van der Waals surface area contributed by atoms with Gasteiger partial charge in [0.15, 0.2) is 0 Å². The molecule has 2 aliphatic heterocycles. The summed E-state index contributed by atoms with van der Waals surface area (Å²) >= 11 is 1.12. The van der Waals surface area contributed by atoms with Crippen LogP contribution >= 0.6 is 11.3 Å². The van der Waals surface area contributed by atoms with Crippen LogP contribution in [0.1, 0.15) is 52.9 Å². The van der Waals surface area contributed by atoms with E-state index in [4.69, 9.17) is 4.98 Å². The third-order valence-electron chi connectivity index (χ3n) is 9.68. The minimum Gasteiger partial charge on any atom is -0.389 e. The summed E-state index contributed by atoms with van der Waals surface area (Å²) in [7, 11) is 0. The lowest BCUT2D eigenvalue weighted by Crippen LogP contribution is -2.56. The minimum absolute atomic E-state index is 0.0773. The number of nitriles is 1. The molecular weight excluding hydrogens is 631 g/mol. The third kappa shape index (κ3) is 5.78. The van der Waals surface area contributed by atoms with Crippen LogP contribution in [-0.2, 0) is 11.2 Å². The number of β-amino-alcohol motifs (C(OH)–C–C–N with tert-alkyl or cyclic N) is 1. The molecular formula is C37H36F2N6O2S. The van der Waals surface area contributed by atoms with Crippen LogP contribution in [0.5, 0.6) is 0 Å². The molecule has 2 saturated heterocycles. The summed E-state index contributed by atoms with van der Waals surface area (Å²) < 4.78 is 32.0. The average Bonchev–Trinajstić information content (AvgIpc) is 3.67. The Labute approximate surface area is 281 Å². The lowest BCUT2D eigenvalue weighted by Gasteiger charge is -2.38. The average molecular weight is 667 g/mol. The number of hydrogen-bond acceptors (Lipinski definition) is 7. The molecule has 2 aliphatic rings. The molecule has 3 aromatic heterocycles. The van der Waals surface area contributed by atoms with Crippen LogP contribution in [0.4, 0.5) is 8.78 Å². The number of aromatic nitrogens is 3. The molecule has 0 bridgehead atoms. The summed E-state index contributed by atoms with van der Waals surface area (Å²) in [6.45, 7) is 8.76. The van der Waals surface area contributed by atoms with E-state index in [9.17, 15) is 19.6 Å². The molecule has 5 heterocycles. The SMILES string of the molecule is CCc1nc2c(C)cc(C3CCN(CC(=O)N4CC(O)C4)CC3)cn2c1-c1ccc(-c2nc(-c3ccc(F)cc3)c(C#N)s2)c(F)c1C. The van der Waals surface area contributed by atoms with Gasteiger partial charge in [0.1, 0.15) is 33.2 Å². The zero-order chi connectivity index (χ0) is 33.7. The summed E-state index contributed by atoms with van der Waals surface area (Å²) in [5.41, 5.74) is 7.38. The third-order valence-corrected chi connectivity index (χ3v) is 10.7. The quantitative estimate of drug-likeness (QED) is 0.213. The van der Waals surface area contributed by atoms with Crippen molar-refractivity contribution in [2.24, 2.45) is 0 Å². The van der Waals surface area contributed by atoms with Gasteiger partial charge in [0.05, 0.1) is 29.7 Å². The van der Waals surface area contributed by atoms with E-state index in [1.165, 1.54) is 17.7 Å². The highest BCUT2D eigenvalue weighted by molar-refractivity contribution is 7.16. The Bertz CT molecular complexity index is 2070. The van der Waals surface area contributed by atoms with Crippen molar-refractivity contribution in [1.82, 2.24) is 24.2 Å². The first-order valence-corrected chi connectivity index (χ1v) is 17.1. The van der Waals surface area contributed by atoms with Gasteiger partial charge < -0.3 is 10.0 Å². The Hall–Kier alpha value is -4.50. The molecule has 2 fully saturated rings. The molecule has 246 valence electrons. The number of rotatable bonds is 7. The van der Waals surface area contributed by atoms with E-state index in [2.05, 4.69) is 46.5 Å². The molecule has 2 aromatic carbocycles. The number of imidazole rings is 1. The number of fused-ring (bicyclic) bond motifs is 1. The number of aliphatic hydroxyl groups excluding tert-OH is 1. The largest absolute Gasteiger partial charge is 0.389 e. The molecule has 1 amide bonds. The van der Waals surface area contributed by atoms with E-state index in [0.717, 1.165) is 65.4 Å². The van der Waals surface area contributed by atoms with Crippen LogP contribution < -0.4 is 0 Å². The number of aryl methyl sites for hydroxylation is 2. The highest BCUT2D eigenvalue weighted by Gasteiger charge is 2.31. The molecule has 7 rings (SSSR count). The topological polar surface area (TPSA) is 97.8 Å². The standard InChI is InChI=1S/C37H36F2N6O2S/c1-4-30-35(28-9-10-29(33(39)22(28)3)37-42-34(31(16-40)48-37)24-5-7-26(38)8-6-24)45-17-25(15-21(2)36(45)41-30)23-11-13-43(14-12-23)20-32(47)44-18-27(46)19-44/h5-10,15,17,23,27,46H,4,11-14,18-20H2,1-3H3. The summed E-state index contributed by atoms with van der Waals surface area (Å²) in [5.74, 6) is -0.394. The first-order chi connectivity index (χ1) is 23.1. The molecule has 0 atom stereocenters. The maximum absolute atomic E-state index is 16.3. The predicted octanol–water partition coefficient (Wildman–Crippen LogP) is 6.50. The molecule has 1 N–H and O–H groups in total. The van der Waals surface area contributed by atoms with Gasteiger partial charge in [0.25, 0.3) is 0 Å². The van der Waals surface area contributed by atoms with Crippen molar-refractivity contribution in [3.8, 4) is 39.2 Å². The van der Waals surface area contributed by atoms with Gasteiger partial charge in [-0.1, -0.05) is 19.1 Å². The second kappa shape index (κ2) is 12.8. The molecule has 0 aliphatic carbocycles. The maximum atomic E-state index is 16.3. The highest BCUT2D eigenvalue weighted by atomic mass is 32.1. The predicted molar refractivity (Wildman–Crippen MR) is 182 cm³/mol. The van der Waals surface area contributed by atoms with Crippen molar-refractivity contribution in [3.63, 3.8) is 0 Å². The van der Waals surface area contributed by atoms with Gasteiger partial charge in [-0.3, -0.25) is 14.1 Å². The maximum Gasteiger partial charge on any atom is 0.236 e. The van der Waals surface area contributed by atoms with E-state index in [-0.39, 0.29) is 11.7 Å². The van der Waals surface area contributed by atoms with Gasteiger partial charge in [-0.15, -0.1) is 11.3 Å². The van der Waals surface area contributed by atoms with Crippen molar-refractivity contribution >= 4 is 22.9 Å². The number of halogens is 2. The van der Waals surface area contributed by atoms with Crippen molar-refractivity contribution in [3.05, 3.63) is 87.6 Å². The van der Waals surface area contributed by atoms with Gasteiger partial charge in [-0.05, 0) is 99.1 Å². The number of aliphatic hydroxyl groups is 1. The fourth-order valence-corrected chi connectivity index (χ4v) is 7.84. The number of thiazole rings is 1. The lowest BCUT2D eigenvalue weighted by molar-refractivity contribution is -0.142. The van der Waals surface area contributed by atoms with E-state index in [1.54, 1.807) is 30.0 Å². The van der Waals surface area contributed by atoms with Crippen molar-refractivity contribution in [2.45, 2.75) is 52.1 Å². The van der Waals surface area contributed by atoms with Gasteiger partial charge in [-0.25, -0.2) is 18.7 Å². The number of nitrogens with zero attached hydrogens (tertiary/aromatic N) is 6. The van der Waals surface area contributed by atoms with Crippen LogP contribution in [0.25, 0.3) is 38.7 Å². The first-order valence-electron chi connectivity index (χ1n) is 16.3. The summed E-state index contributed by atoms with van der Waals surface area (Å²) in [6, 6.07) is 13.8. The van der Waals surface area contributed by atoms with Crippen LogP contribution in [0.3, 0.4) is 0 Å². The fourth-order valence-electron chi connectivity index (χ4n) is 6.94. The number of benzene rings is 2. The monoisotopic (exact) mass is 666 g/mol. The smallest absolute Gasteiger partial charge is 0.236 e. The molecule has 0 unspecified atom stereocenters. The van der Waals surface area contributed by atoms with Gasteiger partial charge in [0, 0.05) is 36.0 Å². The second-order valence-corrected chi connectivity index (χ2v) is 13.8. The summed E-state index contributed by atoms with van der Waals surface area (Å²) in [6.07, 6.45) is 4.28. The highest BCUT2D eigenvalue weighted by Crippen LogP contribution is 2.39. The number of hydrogen-bond donors (Lipinski definition) is 1. The normalized spacial score (nSPS) is 16.0. The molecule has 0 radical (unpaired) electrons. The van der Waals surface area contributed by atoms with E-state index >= 15 is 4.39 Å².